The van der Waals surface area contributed by atoms with Crippen molar-refractivity contribution in [2.75, 3.05) is 12.3 Å². The molecule has 5 nitrogen and oxygen atoms in total. The molecule has 142 valence electrons. The van der Waals surface area contributed by atoms with Crippen LogP contribution < -0.4 is 4.72 Å². The number of hydrogen-bond acceptors (Lipinski definition) is 4. The zero-order chi connectivity index (χ0) is 18.9. The first-order chi connectivity index (χ1) is 11.4. The third kappa shape index (κ3) is 5.68. The maximum absolute atomic E-state index is 12.5. The molecule has 0 heterocycles. The topological polar surface area (TPSA) is 80.3 Å². The molecule has 1 N–H and O–H groups in total. The Morgan fingerprint density at radius 1 is 1.16 bits per heavy atom. The van der Waals surface area contributed by atoms with Gasteiger partial charge in [0.15, 0.2) is 9.84 Å². The van der Waals surface area contributed by atoms with E-state index in [1.165, 1.54) is 6.07 Å². The summed E-state index contributed by atoms with van der Waals surface area (Å²) in [6, 6.07) is 6.56. The molecule has 1 aromatic carbocycles. The lowest BCUT2D eigenvalue weighted by Gasteiger charge is -2.34. The molecular weight excluding hydrogens is 379 g/mol. The summed E-state index contributed by atoms with van der Waals surface area (Å²) >= 11 is 0. The van der Waals surface area contributed by atoms with Crippen LogP contribution in [0.4, 0.5) is 13.2 Å². The highest BCUT2D eigenvalue weighted by atomic mass is 32.2. The molecule has 0 spiro atoms. The quantitative estimate of drug-likeness (QED) is 0.764. The van der Waals surface area contributed by atoms with Crippen LogP contribution in [0.15, 0.2) is 29.2 Å². The summed E-state index contributed by atoms with van der Waals surface area (Å²) in [4.78, 5) is 0.238. The Labute approximate surface area is 145 Å². The summed E-state index contributed by atoms with van der Waals surface area (Å²) in [6.45, 7) is 1.75. The Morgan fingerprint density at radius 3 is 2.36 bits per heavy atom. The van der Waals surface area contributed by atoms with E-state index in [-0.39, 0.29) is 30.2 Å². The van der Waals surface area contributed by atoms with Crippen LogP contribution in [0.5, 0.6) is 0 Å². The van der Waals surface area contributed by atoms with E-state index in [4.69, 9.17) is 0 Å². The molecule has 0 aliphatic heterocycles. The Balaban J connectivity index is 1.84. The van der Waals surface area contributed by atoms with Gasteiger partial charge in [0.25, 0.3) is 0 Å². The van der Waals surface area contributed by atoms with E-state index in [1.807, 2.05) is 0 Å². The molecule has 1 aromatic rings. The summed E-state index contributed by atoms with van der Waals surface area (Å²) < 4.78 is 86.3. The van der Waals surface area contributed by atoms with E-state index in [2.05, 4.69) is 4.72 Å². The van der Waals surface area contributed by atoms with Gasteiger partial charge in [-0.1, -0.05) is 12.1 Å². The molecule has 25 heavy (non-hydrogen) atoms. The van der Waals surface area contributed by atoms with Crippen molar-refractivity contribution in [3.8, 4) is 0 Å². The highest BCUT2D eigenvalue weighted by Gasteiger charge is 2.40. The number of hydrogen-bond donors (Lipinski definition) is 1. The Bertz CT molecular complexity index is 813. The van der Waals surface area contributed by atoms with Crippen LogP contribution in [0.3, 0.4) is 0 Å². The van der Waals surface area contributed by atoms with Gasteiger partial charge in [0.05, 0.1) is 22.3 Å². The van der Waals surface area contributed by atoms with E-state index >= 15 is 0 Å². The number of aryl methyl sites for hydroxylation is 1. The largest absolute Gasteiger partial charge is 0.390 e. The van der Waals surface area contributed by atoms with Crippen molar-refractivity contribution in [3.05, 3.63) is 29.8 Å². The summed E-state index contributed by atoms with van der Waals surface area (Å²) in [6.07, 6.45) is -5.36. The minimum absolute atomic E-state index is 0.0416. The van der Waals surface area contributed by atoms with Crippen molar-refractivity contribution < 1.29 is 30.0 Å². The fourth-order valence-electron chi connectivity index (χ4n) is 2.65. The number of halogens is 3. The van der Waals surface area contributed by atoms with Crippen molar-refractivity contribution in [2.24, 2.45) is 5.92 Å². The molecule has 0 amide bonds. The van der Waals surface area contributed by atoms with E-state index in [0.717, 1.165) is 5.56 Å². The average molecular weight is 399 g/mol. The average Bonchev–Trinajstić information content (AvgIpc) is 2.42. The first-order valence-corrected chi connectivity index (χ1v) is 10.9. The van der Waals surface area contributed by atoms with E-state index < -0.39 is 43.5 Å². The standard InChI is InChI=1S/C15H20F3NO4S2/c1-11-3-2-4-13(7-11)25(22,23)14-8-12(9-14)10-19-24(20,21)6-5-15(16,17)18/h2-4,7,12,14,19H,5-6,8-10H2,1H3. The number of rotatable bonds is 7. The summed E-state index contributed by atoms with van der Waals surface area (Å²) in [5.41, 5.74) is 0.828. The highest BCUT2D eigenvalue weighted by molar-refractivity contribution is 7.92. The molecular formula is C15H20F3NO4S2. The maximum Gasteiger partial charge on any atom is 0.390 e. The lowest BCUT2D eigenvalue weighted by atomic mass is 9.85. The molecule has 1 aliphatic carbocycles. The van der Waals surface area contributed by atoms with Crippen LogP contribution in [0.2, 0.25) is 0 Å². The molecule has 1 fully saturated rings. The third-order valence-corrected chi connectivity index (χ3v) is 7.72. The number of alkyl halides is 3. The van der Waals surface area contributed by atoms with Crippen molar-refractivity contribution in [1.29, 1.82) is 0 Å². The minimum atomic E-state index is -4.53. The lowest BCUT2D eigenvalue weighted by Crippen LogP contribution is -2.42. The number of nitrogens with one attached hydrogen (secondary N) is 1. The van der Waals surface area contributed by atoms with Crippen LogP contribution in [0.1, 0.15) is 24.8 Å². The van der Waals surface area contributed by atoms with Gasteiger partial charge in [0.1, 0.15) is 0 Å². The number of benzene rings is 1. The SMILES string of the molecule is Cc1cccc(S(=O)(=O)C2CC(CNS(=O)(=O)CCC(F)(F)F)C2)c1. The van der Waals surface area contributed by atoms with Crippen LogP contribution in [-0.4, -0.2) is 40.6 Å². The molecule has 0 saturated heterocycles. The molecule has 0 aromatic heterocycles. The van der Waals surface area contributed by atoms with E-state index in [9.17, 15) is 30.0 Å². The Kier molecular flexibility index (Phi) is 5.85. The van der Waals surface area contributed by atoms with Gasteiger partial charge < -0.3 is 0 Å². The fraction of sp³-hybridized carbons (Fsp3) is 0.600. The highest BCUT2D eigenvalue weighted by Crippen LogP contribution is 2.36. The summed E-state index contributed by atoms with van der Waals surface area (Å²) in [5, 5.41) is -0.584. The third-order valence-electron chi connectivity index (χ3n) is 4.20. The van der Waals surface area contributed by atoms with Gasteiger partial charge in [-0.25, -0.2) is 21.6 Å². The second-order valence-corrected chi connectivity index (χ2v) is 10.5. The second-order valence-electron chi connectivity index (χ2n) is 6.35. The first kappa shape index (κ1) is 20.2. The zero-order valence-corrected chi connectivity index (χ0v) is 15.2. The van der Waals surface area contributed by atoms with Gasteiger partial charge in [-0.3, -0.25) is 0 Å². The molecule has 10 heteroatoms. The van der Waals surface area contributed by atoms with E-state index in [1.54, 1.807) is 25.1 Å². The predicted molar refractivity (Wildman–Crippen MR) is 87.3 cm³/mol. The van der Waals surface area contributed by atoms with Crippen LogP contribution in [-0.2, 0) is 19.9 Å². The summed E-state index contributed by atoms with van der Waals surface area (Å²) in [5.74, 6) is -1.21. The maximum atomic E-state index is 12.5. The number of sulfone groups is 1. The van der Waals surface area contributed by atoms with Crippen LogP contribution in [0, 0.1) is 12.8 Å². The first-order valence-electron chi connectivity index (χ1n) is 7.74. The zero-order valence-electron chi connectivity index (χ0n) is 13.6. The smallest absolute Gasteiger partial charge is 0.223 e. The fourth-order valence-corrected chi connectivity index (χ4v) is 5.83. The Morgan fingerprint density at radius 2 is 1.80 bits per heavy atom. The van der Waals surface area contributed by atoms with Gasteiger partial charge in [-0.15, -0.1) is 0 Å². The normalized spacial score (nSPS) is 21.8. The minimum Gasteiger partial charge on any atom is -0.223 e. The monoisotopic (exact) mass is 399 g/mol. The van der Waals surface area contributed by atoms with E-state index in [0.29, 0.717) is 0 Å². The van der Waals surface area contributed by atoms with Gasteiger partial charge in [-0.05, 0) is 43.4 Å². The predicted octanol–water partition coefficient (Wildman–Crippen LogP) is 2.42. The lowest BCUT2D eigenvalue weighted by molar-refractivity contribution is -0.130. The molecule has 0 bridgehead atoms. The molecule has 1 aliphatic rings. The van der Waals surface area contributed by atoms with Gasteiger partial charge in [-0.2, -0.15) is 13.2 Å². The second kappa shape index (κ2) is 7.24. The van der Waals surface area contributed by atoms with Crippen LogP contribution >= 0.6 is 0 Å². The van der Waals surface area contributed by atoms with Gasteiger partial charge >= 0.3 is 6.18 Å². The summed E-state index contributed by atoms with van der Waals surface area (Å²) in [7, 11) is -7.48. The number of sulfonamides is 1. The van der Waals surface area contributed by atoms with Gasteiger partial charge in [0.2, 0.25) is 10.0 Å². The molecule has 0 unspecified atom stereocenters. The molecule has 1 saturated carbocycles. The van der Waals surface area contributed by atoms with Crippen molar-refractivity contribution in [2.45, 2.75) is 42.5 Å². The van der Waals surface area contributed by atoms with Crippen molar-refractivity contribution in [1.82, 2.24) is 4.72 Å². The molecule has 0 atom stereocenters. The van der Waals surface area contributed by atoms with Gasteiger partial charge in [0, 0.05) is 6.54 Å². The molecule has 2 rings (SSSR count). The van der Waals surface area contributed by atoms with Crippen molar-refractivity contribution in [3.63, 3.8) is 0 Å². The molecule has 0 radical (unpaired) electrons. The van der Waals surface area contributed by atoms with Crippen LogP contribution in [0.25, 0.3) is 0 Å². The van der Waals surface area contributed by atoms with Crippen molar-refractivity contribution >= 4 is 19.9 Å². The Hall–Kier alpha value is -1.13.